The minimum atomic E-state index is -1.42. The van der Waals surface area contributed by atoms with Crippen LogP contribution in [-0.4, -0.2) is 16.8 Å². The van der Waals surface area contributed by atoms with Gasteiger partial charge in [0.2, 0.25) is 0 Å². The summed E-state index contributed by atoms with van der Waals surface area (Å²) < 4.78 is 0. The maximum Gasteiger partial charge on any atom is 0.269 e. The fourth-order valence-corrected chi connectivity index (χ4v) is 3.25. The van der Waals surface area contributed by atoms with E-state index in [1.807, 2.05) is 0 Å². The minimum Gasteiger partial charge on any atom is -0.545 e. The molecule has 140 valence electrons. The number of nitro groups is 1. The van der Waals surface area contributed by atoms with E-state index < -0.39 is 16.8 Å². The summed E-state index contributed by atoms with van der Waals surface area (Å²) in [6, 6.07) is 19.0. The quantitative estimate of drug-likeness (QED) is 0.508. The lowest BCUT2D eigenvalue weighted by molar-refractivity contribution is -0.384. The van der Waals surface area contributed by atoms with Gasteiger partial charge in [0.25, 0.3) is 11.6 Å². The Morgan fingerprint density at radius 1 is 0.821 bits per heavy atom. The normalized spacial score (nSPS) is 10.3. The smallest absolute Gasteiger partial charge is 0.269 e. The maximum atomic E-state index is 12.3. The van der Waals surface area contributed by atoms with Gasteiger partial charge in [0.05, 0.1) is 10.9 Å². The largest absolute Gasteiger partial charge is 0.545 e. The maximum absolute atomic E-state index is 12.3. The van der Waals surface area contributed by atoms with E-state index in [0.717, 1.165) is 9.79 Å². The van der Waals surface area contributed by atoms with Crippen LogP contribution < -0.4 is 10.4 Å². The van der Waals surface area contributed by atoms with Crippen LogP contribution in [0, 0.1) is 10.1 Å². The molecule has 3 aromatic rings. The standard InChI is InChI=1S/C20H14N2O5S/c23-19(17-3-1-2-4-18(17)20(24)25)21-13-5-9-15(10-6-13)28-16-11-7-14(8-12-16)22(26)27/h1-12H,(H,21,23)(H,24,25)/p-1. The topological polar surface area (TPSA) is 112 Å². The van der Waals surface area contributed by atoms with Gasteiger partial charge in [-0.2, -0.15) is 0 Å². The third-order valence-electron chi connectivity index (χ3n) is 3.79. The second-order valence-corrected chi connectivity index (χ2v) is 6.81. The summed E-state index contributed by atoms with van der Waals surface area (Å²) in [6.07, 6.45) is 0. The van der Waals surface area contributed by atoms with Gasteiger partial charge in [-0.25, -0.2) is 0 Å². The van der Waals surface area contributed by atoms with Crippen LogP contribution in [0.1, 0.15) is 20.7 Å². The molecule has 0 saturated heterocycles. The van der Waals surface area contributed by atoms with Crippen molar-refractivity contribution in [3.63, 3.8) is 0 Å². The predicted molar refractivity (Wildman–Crippen MR) is 102 cm³/mol. The Bertz CT molecular complexity index is 1030. The van der Waals surface area contributed by atoms with Gasteiger partial charge in [-0.3, -0.25) is 14.9 Å². The molecule has 28 heavy (non-hydrogen) atoms. The fraction of sp³-hybridized carbons (Fsp3) is 0. The Kier molecular flexibility index (Phi) is 5.71. The summed E-state index contributed by atoms with van der Waals surface area (Å²) in [5.74, 6) is -1.96. The Balaban J connectivity index is 1.68. The number of carbonyl (C=O) groups is 2. The van der Waals surface area contributed by atoms with Gasteiger partial charge in [0.1, 0.15) is 0 Å². The molecule has 0 heterocycles. The van der Waals surface area contributed by atoms with Crippen molar-refractivity contribution in [1.82, 2.24) is 0 Å². The van der Waals surface area contributed by atoms with E-state index in [1.54, 1.807) is 42.5 Å². The number of benzene rings is 3. The van der Waals surface area contributed by atoms with Crippen molar-refractivity contribution >= 4 is 35.0 Å². The summed E-state index contributed by atoms with van der Waals surface area (Å²) in [5.41, 5.74) is 0.377. The summed E-state index contributed by atoms with van der Waals surface area (Å²) in [6.45, 7) is 0. The number of anilines is 1. The number of carboxylic acids is 1. The lowest BCUT2D eigenvalue weighted by Gasteiger charge is -2.11. The summed E-state index contributed by atoms with van der Waals surface area (Å²) in [4.78, 5) is 35.4. The Morgan fingerprint density at radius 2 is 1.36 bits per heavy atom. The van der Waals surface area contributed by atoms with Crippen LogP contribution in [0.5, 0.6) is 0 Å². The van der Waals surface area contributed by atoms with E-state index >= 15 is 0 Å². The van der Waals surface area contributed by atoms with E-state index in [2.05, 4.69) is 5.32 Å². The van der Waals surface area contributed by atoms with E-state index in [9.17, 15) is 24.8 Å². The highest BCUT2D eigenvalue weighted by molar-refractivity contribution is 7.99. The molecule has 0 aliphatic rings. The first-order valence-corrected chi connectivity index (χ1v) is 8.90. The van der Waals surface area contributed by atoms with Gasteiger partial charge in [-0.05, 0) is 42.5 Å². The molecule has 3 rings (SSSR count). The van der Waals surface area contributed by atoms with Gasteiger partial charge in [0.15, 0.2) is 0 Å². The van der Waals surface area contributed by atoms with Crippen LogP contribution in [0.15, 0.2) is 82.6 Å². The molecule has 1 N–H and O–H groups in total. The second-order valence-electron chi connectivity index (χ2n) is 5.66. The number of nitro benzene ring substituents is 1. The zero-order valence-corrected chi connectivity index (χ0v) is 15.1. The molecule has 0 saturated carbocycles. The van der Waals surface area contributed by atoms with Crippen LogP contribution in [0.4, 0.5) is 11.4 Å². The Morgan fingerprint density at radius 3 is 1.89 bits per heavy atom. The Hall–Kier alpha value is -3.65. The molecule has 1 amide bonds. The molecule has 0 aromatic heterocycles. The van der Waals surface area contributed by atoms with Crippen LogP contribution in [-0.2, 0) is 0 Å². The van der Waals surface area contributed by atoms with E-state index in [-0.39, 0.29) is 16.8 Å². The molecular formula is C20H13N2O5S-. The number of rotatable bonds is 6. The van der Waals surface area contributed by atoms with Gasteiger partial charge in [-0.15, -0.1) is 0 Å². The summed E-state index contributed by atoms with van der Waals surface area (Å²) >= 11 is 1.42. The number of non-ortho nitro benzene ring substituents is 1. The summed E-state index contributed by atoms with van der Waals surface area (Å²) in [7, 11) is 0. The van der Waals surface area contributed by atoms with Gasteiger partial charge in [-0.1, -0.05) is 30.0 Å². The highest BCUT2D eigenvalue weighted by Gasteiger charge is 2.12. The van der Waals surface area contributed by atoms with Crippen LogP contribution in [0.25, 0.3) is 0 Å². The lowest BCUT2D eigenvalue weighted by Crippen LogP contribution is -2.26. The van der Waals surface area contributed by atoms with Crippen molar-refractivity contribution in [3.05, 3.63) is 94.0 Å². The van der Waals surface area contributed by atoms with Crippen molar-refractivity contribution in [3.8, 4) is 0 Å². The van der Waals surface area contributed by atoms with Gasteiger partial charge < -0.3 is 15.2 Å². The molecule has 0 bridgehead atoms. The van der Waals surface area contributed by atoms with Crippen molar-refractivity contribution in [1.29, 1.82) is 0 Å². The molecule has 0 unspecified atom stereocenters. The monoisotopic (exact) mass is 393 g/mol. The van der Waals surface area contributed by atoms with E-state index in [0.29, 0.717) is 5.69 Å². The number of aromatic carboxylic acids is 1. The zero-order valence-electron chi connectivity index (χ0n) is 14.3. The second kappa shape index (κ2) is 8.36. The van der Waals surface area contributed by atoms with Crippen molar-refractivity contribution in [2.45, 2.75) is 9.79 Å². The number of hydrogen-bond donors (Lipinski definition) is 1. The molecular weight excluding hydrogens is 380 g/mol. The minimum absolute atomic E-state index is 0.0202. The highest BCUT2D eigenvalue weighted by atomic mass is 32.2. The molecule has 0 atom stereocenters. The van der Waals surface area contributed by atoms with Crippen molar-refractivity contribution in [2.24, 2.45) is 0 Å². The SMILES string of the molecule is O=C([O-])c1ccccc1C(=O)Nc1ccc(Sc2ccc([N+](=O)[O-])cc2)cc1. The molecule has 0 aliphatic carbocycles. The number of carbonyl (C=O) groups excluding carboxylic acids is 2. The fourth-order valence-electron chi connectivity index (χ4n) is 2.44. The molecule has 0 spiro atoms. The highest BCUT2D eigenvalue weighted by Crippen LogP contribution is 2.29. The number of carboxylic acid groups (broad SMARTS) is 1. The van der Waals surface area contributed by atoms with Crippen LogP contribution >= 0.6 is 11.8 Å². The molecule has 0 aliphatic heterocycles. The first kappa shape index (κ1) is 19.1. The zero-order chi connectivity index (χ0) is 20.1. The Labute approximate surface area is 164 Å². The van der Waals surface area contributed by atoms with Crippen molar-refractivity contribution < 1.29 is 19.6 Å². The average Bonchev–Trinajstić information content (AvgIpc) is 2.70. The first-order valence-electron chi connectivity index (χ1n) is 8.08. The third-order valence-corrected chi connectivity index (χ3v) is 4.80. The predicted octanol–water partition coefficient (Wildman–Crippen LogP) is 3.36. The van der Waals surface area contributed by atoms with Crippen molar-refractivity contribution in [2.75, 3.05) is 5.32 Å². The molecule has 8 heteroatoms. The summed E-state index contributed by atoms with van der Waals surface area (Å²) in [5, 5.41) is 24.5. The van der Waals surface area contributed by atoms with Gasteiger partial charge >= 0.3 is 0 Å². The molecule has 0 fully saturated rings. The average molecular weight is 393 g/mol. The van der Waals surface area contributed by atoms with E-state index in [4.69, 9.17) is 0 Å². The number of hydrogen-bond acceptors (Lipinski definition) is 6. The number of nitrogens with zero attached hydrogens (tertiary/aromatic N) is 1. The molecule has 0 radical (unpaired) electrons. The van der Waals surface area contributed by atoms with Crippen LogP contribution in [0.2, 0.25) is 0 Å². The third kappa shape index (κ3) is 4.54. The molecule has 7 nitrogen and oxygen atoms in total. The first-order chi connectivity index (χ1) is 13.4. The number of nitrogens with one attached hydrogen (secondary N) is 1. The van der Waals surface area contributed by atoms with E-state index in [1.165, 1.54) is 42.1 Å². The number of amides is 1. The van der Waals surface area contributed by atoms with Gasteiger partial charge in [0, 0.05) is 38.7 Å². The molecule has 3 aromatic carbocycles. The lowest BCUT2D eigenvalue weighted by atomic mass is 10.1. The van der Waals surface area contributed by atoms with Crippen LogP contribution in [0.3, 0.4) is 0 Å².